The third-order valence-corrected chi connectivity index (χ3v) is 2.20. The Hall–Kier alpha value is -1.82. The topological polar surface area (TPSA) is 49.4 Å². The predicted octanol–water partition coefficient (Wildman–Crippen LogP) is 1.05. The molecule has 0 aliphatic carbocycles. The molecule has 1 N–H and O–H groups in total. The molecule has 0 bridgehead atoms. The molecular weight excluding hydrogens is 218 g/mol. The van der Waals surface area contributed by atoms with Gasteiger partial charge in [0.2, 0.25) is 0 Å². The maximum Gasteiger partial charge on any atom is 0.276 e. The van der Waals surface area contributed by atoms with Gasteiger partial charge in [-0.3, -0.25) is 9.59 Å². The van der Waals surface area contributed by atoms with Gasteiger partial charge in [0.05, 0.1) is 17.7 Å². The van der Waals surface area contributed by atoms with Crippen molar-refractivity contribution in [2.45, 2.75) is 6.43 Å². The van der Waals surface area contributed by atoms with Crippen molar-refractivity contribution in [1.82, 2.24) is 10.4 Å². The van der Waals surface area contributed by atoms with Gasteiger partial charge in [-0.25, -0.2) is 19.2 Å². The molecule has 1 aromatic rings. The highest BCUT2D eigenvalue weighted by molar-refractivity contribution is 6.20. The number of fused-ring (bicyclic) bond motifs is 1. The summed E-state index contributed by atoms with van der Waals surface area (Å²) < 4.78 is 23.9. The van der Waals surface area contributed by atoms with E-state index in [1.54, 1.807) is 12.1 Å². The van der Waals surface area contributed by atoms with Crippen LogP contribution in [0.4, 0.5) is 8.78 Å². The van der Waals surface area contributed by atoms with Crippen molar-refractivity contribution in [3.63, 3.8) is 0 Å². The van der Waals surface area contributed by atoms with Crippen molar-refractivity contribution < 1.29 is 18.4 Å². The Kier molecular flexibility index (Phi) is 2.66. The molecule has 0 spiro atoms. The number of carbonyl (C=O) groups is 2. The first kappa shape index (κ1) is 10.7. The Balaban J connectivity index is 2.22. The molecule has 0 atom stereocenters. The lowest BCUT2D eigenvalue weighted by Crippen LogP contribution is -2.44. The van der Waals surface area contributed by atoms with Crippen molar-refractivity contribution in [2.24, 2.45) is 0 Å². The number of amides is 2. The average molecular weight is 226 g/mol. The number of hydrazine groups is 1. The summed E-state index contributed by atoms with van der Waals surface area (Å²) in [5.41, 5.74) is 2.57. The van der Waals surface area contributed by atoms with E-state index < -0.39 is 24.8 Å². The molecule has 1 aromatic carbocycles. The number of alkyl halides is 2. The zero-order valence-corrected chi connectivity index (χ0v) is 8.11. The smallest absolute Gasteiger partial charge is 0.267 e. The average Bonchev–Trinajstić information content (AvgIpc) is 2.50. The highest BCUT2D eigenvalue weighted by atomic mass is 19.3. The molecule has 0 unspecified atom stereocenters. The van der Waals surface area contributed by atoms with Crippen LogP contribution in [-0.4, -0.2) is 29.8 Å². The second-order valence-corrected chi connectivity index (χ2v) is 3.24. The van der Waals surface area contributed by atoms with Crippen molar-refractivity contribution >= 4 is 11.8 Å². The summed E-state index contributed by atoms with van der Waals surface area (Å²) in [6, 6.07) is 6.19. The van der Waals surface area contributed by atoms with E-state index in [1.165, 1.54) is 12.1 Å². The van der Waals surface area contributed by atoms with Crippen LogP contribution >= 0.6 is 0 Å². The van der Waals surface area contributed by atoms with Crippen LogP contribution in [0.15, 0.2) is 24.3 Å². The SMILES string of the molecule is O=C1c2ccccc2C(=O)N1NCC(F)F. The van der Waals surface area contributed by atoms with Gasteiger partial charge in [-0.2, -0.15) is 0 Å². The number of rotatable bonds is 3. The summed E-state index contributed by atoms with van der Waals surface area (Å²) in [7, 11) is 0. The molecule has 2 rings (SSSR count). The van der Waals surface area contributed by atoms with Crippen molar-refractivity contribution in [3.8, 4) is 0 Å². The van der Waals surface area contributed by atoms with Crippen LogP contribution in [0, 0.1) is 0 Å². The number of hydrogen-bond donors (Lipinski definition) is 1. The first-order valence-electron chi connectivity index (χ1n) is 4.60. The second kappa shape index (κ2) is 3.97. The van der Waals surface area contributed by atoms with Gasteiger partial charge < -0.3 is 0 Å². The zero-order valence-electron chi connectivity index (χ0n) is 8.11. The van der Waals surface area contributed by atoms with E-state index in [2.05, 4.69) is 5.43 Å². The van der Waals surface area contributed by atoms with E-state index in [0.717, 1.165) is 0 Å². The number of hydrogen-bond acceptors (Lipinski definition) is 3. The van der Waals surface area contributed by atoms with E-state index >= 15 is 0 Å². The quantitative estimate of drug-likeness (QED) is 0.784. The van der Waals surface area contributed by atoms with Gasteiger partial charge in [0.1, 0.15) is 0 Å². The molecule has 16 heavy (non-hydrogen) atoms. The number of halogens is 2. The first-order valence-corrected chi connectivity index (χ1v) is 4.60. The molecule has 84 valence electrons. The molecule has 1 aliphatic heterocycles. The van der Waals surface area contributed by atoms with E-state index in [0.29, 0.717) is 5.01 Å². The highest BCUT2D eigenvalue weighted by Crippen LogP contribution is 2.20. The summed E-state index contributed by atoms with van der Waals surface area (Å²) in [6.07, 6.45) is -2.62. The highest BCUT2D eigenvalue weighted by Gasteiger charge is 2.35. The molecule has 1 aliphatic rings. The van der Waals surface area contributed by atoms with Crippen LogP contribution in [-0.2, 0) is 0 Å². The molecule has 1 heterocycles. The maximum absolute atomic E-state index is 12.0. The molecule has 4 nitrogen and oxygen atoms in total. The normalized spacial score (nSPS) is 14.8. The van der Waals surface area contributed by atoms with Crippen molar-refractivity contribution in [3.05, 3.63) is 35.4 Å². The van der Waals surface area contributed by atoms with Crippen LogP contribution in [0.2, 0.25) is 0 Å². The van der Waals surface area contributed by atoms with Crippen molar-refractivity contribution in [1.29, 1.82) is 0 Å². The largest absolute Gasteiger partial charge is 0.276 e. The minimum Gasteiger partial charge on any atom is -0.267 e. The maximum atomic E-state index is 12.0. The molecule has 0 saturated heterocycles. The third-order valence-electron chi connectivity index (χ3n) is 2.20. The number of imide groups is 1. The van der Waals surface area contributed by atoms with E-state index in [4.69, 9.17) is 0 Å². The summed E-state index contributed by atoms with van der Waals surface area (Å²) in [5, 5.41) is 0.622. The van der Waals surface area contributed by atoms with E-state index in [-0.39, 0.29) is 11.1 Å². The molecule has 6 heteroatoms. The Morgan fingerprint density at radius 3 is 2.06 bits per heavy atom. The lowest BCUT2D eigenvalue weighted by atomic mass is 10.1. The monoisotopic (exact) mass is 226 g/mol. The summed E-state index contributed by atoms with van der Waals surface area (Å²) in [4.78, 5) is 23.2. The third kappa shape index (κ3) is 1.67. The van der Waals surface area contributed by atoms with Gasteiger partial charge in [-0.05, 0) is 12.1 Å². The first-order chi connectivity index (χ1) is 7.61. The van der Waals surface area contributed by atoms with Crippen LogP contribution < -0.4 is 5.43 Å². The van der Waals surface area contributed by atoms with Gasteiger partial charge in [0.25, 0.3) is 18.2 Å². The molecule has 0 radical (unpaired) electrons. The minimum absolute atomic E-state index is 0.231. The fourth-order valence-corrected chi connectivity index (χ4v) is 1.49. The van der Waals surface area contributed by atoms with E-state index in [1.807, 2.05) is 0 Å². The number of benzene rings is 1. The molecule has 0 aromatic heterocycles. The summed E-state index contributed by atoms with van der Waals surface area (Å²) in [5.74, 6) is -1.19. The number of nitrogens with zero attached hydrogens (tertiary/aromatic N) is 1. The van der Waals surface area contributed by atoms with Crippen LogP contribution in [0.25, 0.3) is 0 Å². The van der Waals surface area contributed by atoms with E-state index in [9.17, 15) is 18.4 Å². The van der Waals surface area contributed by atoms with Gasteiger partial charge in [0, 0.05) is 0 Å². The fraction of sp³-hybridized carbons (Fsp3) is 0.200. The standard InChI is InChI=1S/C10H8F2N2O2/c11-8(12)5-13-14-9(15)6-3-1-2-4-7(6)10(14)16/h1-4,8,13H,5H2. The Bertz CT molecular complexity index is 413. The fourth-order valence-electron chi connectivity index (χ4n) is 1.49. The second-order valence-electron chi connectivity index (χ2n) is 3.24. The predicted molar refractivity (Wildman–Crippen MR) is 50.9 cm³/mol. The zero-order chi connectivity index (χ0) is 11.7. The van der Waals surface area contributed by atoms with Crippen LogP contribution in [0.3, 0.4) is 0 Å². The summed E-state index contributed by atoms with van der Waals surface area (Å²) >= 11 is 0. The lowest BCUT2D eigenvalue weighted by Gasteiger charge is -2.14. The number of carbonyl (C=O) groups excluding carboxylic acids is 2. The van der Waals surface area contributed by atoms with Gasteiger partial charge >= 0.3 is 0 Å². The summed E-state index contributed by atoms with van der Waals surface area (Å²) in [6.45, 7) is -0.731. The minimum atomic E-state index is -2.62. The van der Waals surface area contributed by atoms with Gasteiger partial charge in [0.15, 0.2) is 0 Å². The molecule has 0 fully saturated rings. The van der Waals surface area contributed by atoms with Crippen LogP contribution in [0.1, 0.15) is 20.7 Å². The van der Waals surface area contributed by atoms with Crippen LogP contribution in [0.5, 0.6) is 0 Å². The van der Waals surface area contributed by atoms with Crippen molar-refractivity contribution in [2.75, 3.05) is 6.54 Å². The van der Waals surface area contributed by atoms with Gasteiger partial charge in [-0.15, -0.1) is 0 Å². The lowest BCUT2D eigenvalue weighted by molar-refractivity contribution is 0.0498. The number of nitrogens with one attached hydrogen (secondary N) is 1. The molecular formula is C10H8F2N2O2. The molecule has 0 saturated carbocycles. The molecule has 2 amide bonds. The van der Waals surface area contributed by atoms with Gasteiger partial charge in [-0.1, -0.05) is 12.1 Å². The Labute approximate surface area is 89.8 Å². The Morgan fingerprint density at radius 2 is 1.62 bits per heavy atom. The Morgan fingerprint density at radius 1 is 1.12 bits per heavy atom.